The first-order valence-electron chi connectivity index (χ1n) is 14.8. The van der Waals surface area contributed by atoms with Crippen molar-refractivity contribution in [3.63, 3.8) is 0 Å². The molecule has 264 valence electrons. The van der Waals surface area contributed by atoms with Crippen molar-refractivity contribution in [1.82, 2.24) is 0 Å². The van der Waals surface area contributed by atoms with Crippen molar-refractivity contribution in [1.29, 1.82) is 0 Å². The Hall–Kier alpha value is -2.52. The normalized spacial score (nSPS) is 35.2. The third-order valence-electron chi connectivity index (χ3n) is 7.00. The Balaban J connectivity index is 1.76. The number of carboxylic acids is 1. The molecule has 3 rings (SSSR count). The summed E-state index contributed by atoms with van der Waals surface area (Å²) in [6, 6.07) is 0. The van der Waals surface area contributed by atoms with E-state index in [-0.39, 0.29) is 59.5 Å². The molecule has 0 unspecified atom stereocenters. The first-order chi connectivity index (χ1) is 22.1. The zero-order valence-corrected chi connectivity index (χ0v) is 26.5. The zero-order chi connectivity index (χ0) is 33.6. The molecule has 0 aromatic rings. The highest BCUT2D eigenvalue weighted by atomic mass is 16.7. The van der Waals surface area contributed by atoms with Crippen molar-refractivity contribution in [3.8, 4) is 0 Å². The number of ether oxygens (including phenoxy) is 13. The van der Waals surface area contributed by atoms with E-state index in [0.717, 1.165) is 6.92 Å². The van der Waals surface area contributed by atoms with Gasteiger partial charge >= 0.3 is 23.9 Å². The average Bonchev–Trinajstić information content (AvgIpc) is 2.99. The van der Waals surface area contributed by atoms with Crippen LogP contribution in [0.3, 0.4) is 0 Å². The summed E-state index contributed by atoms with van der Waals surface area (Å²) in [7, 11) is 2.72. The van der Waals surface area contributed by atoms with Gasteiger partial charge in [-0.1, -0.05) is 0 Å². The quantitative estimate of drug-likeness (QED) is 0.250. The molecule has 0 spiro atoms. The molecule has 3 aliphatic rings. The highest BCUT2D eigenvalue weighted by Crippen LogP contribution is 2.31. The van der Waals surface area contributed by atoms with E-state index in [4.69, 9.17) is 61.6 Å². The molecule has 0 saturated carbocycles. The number of methoxy groups -OCH3 is 2. The van der Waals surface area contributed by atoms with Gasteiger partial charge in [0, 0.05) is 35.0 Å². The van der Waals surface area contributed by atoms with Crippen molar-refractivity contribution < 1.29 is 85.9 Å². The van der Waals surface area contributed by atoms with Crippen molar-refractivity contribution in [2.24, 2.45) is 0 Å². The number of carbonyl (C=O) groups excluding carboxylic acids is 3. The lowest BCUT2D eigenvalue weighted by atomic mass is 9.98. The van der Waals surface area contributed by atoms with Crippen LogP contribution in [0.4, 0.5) is 0 Å². The molecule has 18 heteroatoms. The van der Waals surface area contributed by atoms with Crippen LogP contribution in [0.15, 0.2) is 0 Å². The summed E-state index contributed by atoms with van der Waals surface area (Å²) in [6.07, 6.45) is -10.9. The molecular formula is C28H44O18. The Morgan fingerprint density at radius 2 is 1.04 bits per heavy atom. The number of esters is 3. The molecule has 46 heavy (non-hydrogen) atoms. The maximum absolute atomic E-state index is 12.0. The Morgan fingerprint density at radius 3 is 1.48 bits per heavy atom. The number of fused-ring (bicyclic) bond motifs is 2. The number of carboxylic acid groups (broad SMARTS) is 1. The largest absolute Gasteiger partial charge is 0.479 e. The van der Waals surface area contributed by atoms with Crippen LogP contribution < -0.4 is 0 Å². The summed E-state index contributed by atoms with van der Waals surface area (Å²) in [4.78, 5) is 47.4. The van der Waals surface area contributed by atoms with Crippen molar-refractivity contribution in [3.05, 3.63) is 0 Å². The van der Waals surface area contributed by atoms with Crippen molar-refractivity contribution in [2.45, 2.75) is 82.2 Å². The molecule has 0 radical (unpaired) electrons. The van der Waals surface area contributed by atoms with Crippen LogP contribution in [0, 0.1) is 0 Å². The summed E-state index contributed by atoms with van der Waals surface area (Å²) in [5, 5.41) is 9.75. The van der Waals surface area contributed by atoms with Gasteiger partial charge in [0.1, 0.15) is 37.1 Å². The minimum atomic E-state index is -1.58. The van der Waals surface area contributed by atoms with Crippen LogP contribution in [0.2, 0.25) is 0 Å². The molecule has 0 aromatic carbocycles. The maximum atomic E-state index is 12.0. The number of aliphatic carboxylic acids is 1. The maximum Gasteiger partial charge on any atom is 0.336 e. The zero-order valence-electron chi connectivity index (χ0n) is 26.5. The molecule has 0 bridgehead atoms. The van der Waals surface area contributed by atoms with Gasteiger partial charge in [-0.05, 0) is 0 Å². The summed E-state index contributed by atoms with van der Waals surface area (Å²) >= 11 is 0. The third-order valence-corrected chi connectivity index (χ3v) is 7.00. The first-order valence-corrected chi connectivity index (χ1v) is 14.8. The van der Waals surface area contributed by atoms with Gasteiger partial charge in [0.15, 0.2) is 30.9 Å². The molecule has 1 N–H and O–H groups in total. The van der Waals surface area contributed by atoms with Crippen LogP contribution in [0.1, 0.15) is 20.8 Å². The third kappa shape index (κ3) is 11.0. The Kier molecular flexibility index (Phi) is 15.9. The van der Waals surface area contributed by atoms with Gasteiger partial charge in [-0.25, -0.2) is 4.79 Å². The Morgan fingerprint density at radius 1 is 0.609 bits per heavy atom. The highest BCUT2D eigenvalue weighted by molar-refractivity contribution is 5.75. The van der Waals surface area contributed by atoms with Gasteiger partial charge in [0.2, 0.25) is 0 Å². The van der Waals surface area contributed by atoms with E-state index < -0.39 is 85.3 Å². The molecule has 0 amide bonds. The Bertz CT molecular complexity index is 978. The topological polar surface area (TPSA) is 208 Å². The fraction of sp³-hybridized carbons (Fsp3) is 0.857. The predicted octanol–water partition coefficient (Wildman–Crippen LogP) is -1.17. The lowest BCUT2D eigenvalue weighted by molar-refractivity contribution is -0.315. The lowest BCUT2D eigenvalue weighted by Crippen LogP contribution is -2.63. The fourth-order valence-corrected chi connectivity index (χ4v) is 5.16. The molecule has 3 saturated heterocycles. The summed E-state index contributed by atoms with van der Waals surface area (Å²) in [6.45, 7) is 3.61. The molecule has 0 aromatic heterocycles. The Labute approximate surface area is 265 Å². The van der Waals surface area contributed by atoms with Crippen LogP contribution in [-0.4, -0.2) is 164 Å². The smallest absolute Gasteiger partial charge is 0.336 e. The van der Waals surface area contributed by atoms with Crippen molar-refractivity contribution >= 4 is 23.9 Å². The molecule has 0 aliphatic carbocycles. The monoisotopic (exact) mass is 668 g/mol. The van der Waals surface area contributed by atoms with E-state index in [1.807, 2.05) is 0 Å². The second-order valence-electron chi connectivity index (χ2n) is 10.3. The van der Waals surface area contributed by atoms with E-state index >= 15 is 0 Å². The molecule has 3 fully saturated rings. The average molecular weight is 669 g/mol. The minimum absolute atomic E-state index is 0.00986. The van der Waals surface area contributed by atoms with Gasteiger partial charge in [-0.15, -0.1) is 0 Å². The number of hydrogen-bond acceptors (Lipinski definition) is 17. The molecular weight excluding hydrogens is 624 g/mol. The van der Waals surface area contributed by atoms with E-state index in [2.05, 4.69) is 0 Å². The van der Waals surface area contributed by atoms with E-state index in [9.17, 15) is 24.3 Å². The summed E-state index contributed by atoms with van der Waals surface area (Å²) in [5.41, 5.74) is 0. The summed E-state index contributed by atoms with van der Waals surface area (Å²) < 4.78 is 73.8. The van der Waals surface area contributed by atoms with E-state index in [0.29, 0.717) is 0 Å². The van der Waals surface area contributed by atoms with Gasteiger partial charge < -0.3 is 66.7 Å². The standard InChI is InChI=1S/C28H44O18/c1-15(29)42-14-18-19(43-16(2)30)20-24(27(34-4)45-18)40-12-8-37-7-11-39-21-22(44-17(3)31)23(26(32)33)46-28(35-5)25(21)41-13-9-36-6-10-38-20/h18-25,27-28H,6-14H2,1-5H3,(H,32,33)/t18-,19-,20+,21+,22+,23+,24-,25-,27+,28+/m1/s1. The molecule has 3 aliphatic heterocycles. The number of carbonyl (C=O) groups is 4. The highest BCUT2D eigenvalue weighted by Gasteiger charge is 2.53. The number of rotatable bonds is 7. The summed E-state index contributed by atoms with van der Waals surface area (Å²) in [5.74, 6) is -3.27. The lowest BCUT2D eigenvalue weighted by Gasteiger charge is -2.44. The van der Waals surface area contributed by atoms with Gasteiger partial charge in [-0.2, -0.15) is 0 Å². The second-order valence-corrected chi connectivity index (χ2v) is 10.3. The van der Waals surface area contributed by atoms with E-state index in [1.54, 1.807) is 0 Å². The SMILES string of the molecule is CO[C@H]1O[C@H](C(=O)O)[C@@H](OC(C)=O)[C@@H]2OCCOCCO[C@H]3[C@@H](OC)O[C@H](COC(C)=O)[C@@H](OC(C)=O)[C@@H]3OCCOCCO[C@@H]12. The molecule has 18 nitrogen and oxygen atoms in total. The number of hydrogen-bond donors (Lipinski definition) is 1. The van der Waals surface area contributed by atoms with Crippen LogP contribution in [0.25, 0.3) is 0 Å². The van der Waals surface area contributed by atoms with Crippen LogP contribution in [-0.2, 0) is 80.8 Å². The van der Waals surface area contributed by atoms with Gasteiger partial charge in [0.25, 0.3) is 0 Å². The van der Waals surface area contributed by atoms with E-state index in [1.165, 1.54) is 28.1 Å². The molecule has 3 heterocycles. The first kappa shape index (κ1) is 37.9. The molecule has 10 atom stereocenters. The second kappa shape index (κ2) is 19.3. The minimum Gasteiger partial charge on any atom is -0.479 e. The predicted molar refractivity (Wildman–Crippen MR) is 147 cm³/mol. The van der Waals surface area contributed by atoms with Gasteiger partial charge in [-0.3, -0.25) is 14.4 Å². The fourth-order valence-electron chi connectivity index (χ4n) is 5.16. The van der Waals surface area contributed by atoms with Gasteiger partial charge in [0.05, 0.1) is 52.9 Å². The van der Waals surface area contributed by atoms with Crippen molar-refractivity contribution in [2.75, 3.05) is 73.7 Å². The van der Waals surface area contributed by atoms with Crippen LogP contribution >= 0.6 is 0 Å². The van der Waals surface area contributed by atoms with Crippen LogP contribution in [0.5, 0.6) is 0 Å².